The number of amides is 2. The number of halogens is 1. The Hall–Kier alpha value is -3.26. The number of carbonyl (C=O) groups is 3. The van der Waals surface area contributed by atoms with Gasteiger partial charge in [0.15, 0.2) is 0 Å². The summed E-state index contributed by atoms with van der Waals surface area (Å²) in [5.41, 5.74) is -0.797. The molecule has 2 fully saturated rings. The number of fused-ring (bicyclic) bond motifs is 1. The number of carbonyl (C=O) groups excluding carboxylic acids is 3. The second-order valence-corrected chi connectivity index (χ2v) is 7.04. The Morgan fingerprint density at radius 3 is 2.29 bits per heavy atom. The molecule has 8 nitrogen and oxygen atoms in total. The maximum Gasteiger partial charge on any atom is 0.310 e. The largest absolute Gasteiger partial charge is 0.469 e. The number of anilines is 1. The van der Waals surface area contributed by atoms with Crippen LogP contribution < -0.4 is 4.90 Å². The fraction of sp³-hybridized carbons (Fsp3) is 0.211. The first-order chi connectivity index (χ1) is 13.3. The molecule has 1 aliphatic heterocycles. The number of non-ortho nitro benzene ring substituents is 1. The number of hydrogen-bond acceptors (Lipinski definition) is 6. The highest BCUT2D eigenvalue weighted by atomic mass is 35.5. The third-order valence-electron chi connectivity index (χ3n) is 5.34. The fourth-order valence-electron chi connectivity index (χ4n) is 4.04. The predicted molar refractivity (Wildman–Crippen MR) is 97.7 cm³/mol. The van der Waals surface area contributed by atoms with E-state index in [1.54, 1.807) is 24.3 Å². The van der Waals surface area contributed by atoms with Gasteiger partial charge in [-0.2, -0.15) is 0 Å². The van der Waals surface area contributed by atoms with E-state index in [9.17, 15) is 24.5 Å². The van der Waals surface area contributed by atoms with Crippen molar-refractivity contribution in [2.75, 3.05) is 12.0 Å². The quantitative estimate of drug-likeness (QED) is 0.338. The Labute approximate surface area is 163 Å². The standard InChI is InChI=1S/C19H13ClN2O6/c1-28-17(24)15-14-16(23)21(12-6-8-13(9-7-12)22(26)27)18(25)19(14,15)10-2-4-11(20)5-3-10/h2-9,14-15H,1H3/t14-,15-,19-/m0/s1. The summed E-state index contributed by atoms with van der Waals surface area (Å²) in [5, 5.41) is 11.3. The van der Waals surface area contributed by atoms with Gasteiger partial charge in [0.2, 0.25) is 11.8 Å². The Kier molecular flexibility index (Phi) is 3.97. The van der Waals surface area contributed by atoms with Crippen molar-refractivity contribution in [2.45, 2.75) is 5.41 Å². The molecule has 1 saturated carbocycles. The molecule has 2 aromatic rings. The maximum absolute atomic E-state index is 13.3. The van der Waals surface area contributed by atoms with Gasteiger partial charge in [-0.1, -0.05) is 23.7 Å². The van der Waals surface area contributed by atoms with Gasteiger partial charge in [0.05, 0.1) is 29.6 Å². The van der Waals surface area contributed by atoms with Gasteiger partial charge in [0, 0.05) is 17.2 Å². The summed E-state index contributed by atoms with van der Waals surface area (Å²) in [4.78, 5) is 49.8. The molecule has 4 rings (SSSR count). The van der Waals surface area contributed by atoms with E-state index in [1.807, 2.05) is 0 Å². The molecule has 0 radical (unpaired) electrons. The minimum atomic E-state index is -1.35. The molecule has 1 saturated heterocycles. The van der Waals surface area contributed by atoms with Crippen LogP contribution in [0.5, 0.6) is 0 Å². The number of esters is 1. The van der Waals surface area contributed by atoms with Gasteiger partial charge < -0.3 is 4.74 Å². The van der Waals surface area contributed by atoms with Gasteiger partial charge in [-0.3, -0.25) is 24.5 Å². The third-order valence-corrected chi connectivity index (χ3v) is 5.60. The van der Waals surface area contributed by atoms with Crippen LogP contribution in [0.1, 0.15) is 5.56 Å². The van der Waals surface area contributed by atoms with Gasteiger partial charge in [-0.05, 0) is 29.8 Å². The van der Waals surface area contributed by atoms with Crippen molar-refractivity contribution in [3.05, 3.63) is 69.2 Å². The van der Waals surface area contributed by atoms with E-state index in [2.05, 4.69) is 0 Å². The summed E-state index contributed by atoms with van der Waals surface area (Å²) in [6.45, 7) is 0. The maximum atomic E-state index is 13.3. The first kappa shape index (κ1) is 18.1. The number of rotatable bonds is 4. The molecule has 28 heavy (non-hydrogen) atoms. The molecule has 0 bridgehead atoms. The molecule has 2 amide bonds. The second kappa shape index (κ2) is 6.13. The number of nitrogens with zero attached hydrogens (tertiary/aromatic N) is 2. The molecule has 0 aromatic heterocycles. The van der Waals surface area contributed by atoms with E-state index in [-0.39, 0.29) is 11.4 Å². The molecular weight excluding hydrogens is 388 g/mol. The normalized spacial score (nSPS) is 25.4. The molecule has 2 aromatic carbocycles. The zero-order valence-electron chi connectivity index (χ0n) is 14.5. The molecule has 0 spiro atoms. The van der Waals surface area contributed by atoms with E-state index in [1.165, 1.54) is 31.4 Å². The lowest BCUT2D eigenvalue weighted by Gasteiger charge is -2.22. The van der Waals surface area contributed by atoms with Crippen LogP contribution in [0.15, 0.2) is 48.5 Å². The van der Waals surface area contributed by atoms with Crippen LogP contribution in [-0.2, 0) is 24.5 Å². The lowest BCUT2D eigenvalue weighted by atomic mass is 9.91. The van der Waals surface area contributed by atoms with Crippen molar-refractivity contribution in [3.63, 3.8) is 0 Å². The Bertz CT molecular complexity index is 1020. The van der Waals surface area contributed by atoms with Crippen LogP contribution >= 0.6 is 11.6 Å². The SMILES string of the molecule is COC(=O)[C@@H]1[C@H]2C(=O)N(c3ccc([N+](=O)[O-])cc3)C(=O)[C@]12c1ccc(Cl)cc1. The Morgan fingerprint density at radius 2 is 1.75 bits per heavy atom. The number of ether oxygens (including phenoxy) is 1. The van der Waals surface area contributed by atoms with Crippen LogP contribution in [0.3, 0.4) is 0 Å². The lowest BCUT2D eigenvalue weighted by molar-refractivity contribution is -0.384. The third kappa shape index (κ3) is 2.27. The van der Waals surface area contributed by atoms with Crippen LogP contribution in [0.25, 0.3) is 0 Å². The number of imide groups is 1. The smallest absolute Gasteiger partial charge is 0.310 e. The van der Waals surface area contributed by atoms with Gasteiger partial charge in [-0.15, -0.1) is 0 Å². The number of nitro benzene ring substituents is 1. The Morgan fingerprint density at radius 1 is 1.14 bits per heavy atom. The lowest BCUT2D eigenvalue weighted by Crippen LogP contribution is -2.40. The molecule has 1 heterocycles. The summed E-state index contributed by atoms with van der Waals surface area (Å²) < 4.78 is 4.80. The molecule has 9 heteroatoms. The minimum Gasteiger partial charge on any atom is -0.469 e. The van der Waals surface area contributed by atoms with E-state index in [4.69, 9.17) is 16.3 Å². The number of nitro groups is 1. The molecule has 1 aliphatic carbocycles. The average molecular weight is 401 g/mol. The van der Waals surface area contributed by atoms with Crippen molar-refractivity contribution < 1.29 is 24.0 Å². The van der Waals surface area contributed by atoms with Crippen molar-refractivity contribution in [1.82, 2.24) is 0 Å². The zero-order valence-corrected chi connectivity index (χ0v) is 15.3. The average Bonchev–Trinajstić information content (AvgIpc) is 3.33. The van der Waals surface area contributed by atoms with Crippen LogP contribution in [0.2, 0.25) is 5.02 Å². The summed E-state index contributed by atoms with van der Waals surface area (Å²) in [6, 6.07) is 11.5. The summed E-state index contributed by atoms with van der Waals surface area (Å²) >= 11 is 5.92. The molecule has 0 N–H and O–H groups in total. The molecular formula is C19H13ClN2O6. The number of piperidine rings is 1. The topological polar surface area (TPSA) is 107 Å². The first-order valence-corrected chi connectivity index (χ1v) is 8.68. The summed E-state index contributed by atoms with van der Waals surface area (Å²) in [5.74, 6) is -3.53. The minimum absolute atomic E-state index is 0.159. The van der Waals surface area contributed by atoms with Crippen molar-refractivity contribution in [2.24, 2.45) is 11.8 Å². The molecule has 142 valence electrons. The highest BCUT2D eigenvalue weighted by Gasteiger charge is 2.83. The van der Waals surface area contributed by atoms with Crippen LogP contribution in [0, 0.1) is 22.0 Å². The van der Waals surface area contributed by atoms with Gasteiger partial charge in [-0.25, -0.2) is 4.90 Å². The van der Waals surface area contributed by atoms with Crippen molar-refractivity contribution >= 4 is 40.8 Å². The van der Waals surface area contributed by atoms with Crippen molar-refractivity contribution in [1.29, 1.82) is 0 Å². The number of methoxy groups -OCH3 is 1. The zero-order chi connectivity index (χ0) is 20.2. The molecule has 2 aliphatic rings. The summed E-state index contributed by atoms with van der Waals surface area (Å²) in [7, 11) is 1.20. The molecule has 3 atom stereocenters. The van der Waals surface area contributed by atoms with Crippen LogP contribution in [-0.4, -0.2) is 29.8 Å². The first-order valence-electron chi connectivity index (χ1n) is 8.30. The molecule has 0 unspecified atom stereocenters. The number of hydrogen-bond donors (Lipinski definition) is 0. The van der Waals surface area contributed by atoms with Crippen molar-refractivity contribution in [3.8, 4) is 0 Å². The monoisotopic (exact) mass is 400 g/mol. The predicted octanol–water partition coefficient (Wildman–Crippen LogP) is 2.48. The van der Waals surface area contributed by atoms with E-state index < -0.39 is 40.0 Å². The number of benzene rings is 2. The highest BCUT2D eigenvalue weighted by molar-refractivity contribution is 6.32. The summed E-state index contributed by atoms with van der Waals surface area (Å²) in [6.07, 6.45) is 0. The van der Waals surface area contributed by atoms with Crippen LogP contribution in [0.4, 0.5) is 11.4 Å². The van der Waals surface area contributed by atoms with E-state index in [0.717, 1.165) is 4.90 Å². The van der Waals surface area contributed by atoms with Gasteiger partial charge >= 0.3 is 5.97 Å². The van der Waals surface area contributed by atoms with Gasteiger partial charge in [0.1, 0.15) is 5.41 Å². The van der Waals surface area contributed by atoms with E-state index in [0.29, 0.717) is 10.6 Å². The fourth-order valence-corrected chi connectivity index (χ4v) is 4.17. The van der Waals surface area contributed by atoms with E-state index >= 15 is 0 Å². The van der Waals surface area contributed by atoms with Gasteiger partial charge in [0.25, 0.3) is 5.69 Å². The second-order valence-electron chi connectivity index (χ2n) is 6.61. The Balaban J connectivity index is 1.78. The highest BCUT2D eigenvalue weighted by Crippen LogP contribution is 2.66.